The van der Waals surface area contributed by atoms with Gasteiger partial charge in [-0.05, 0) is 19.9 Å². The van der Waals surface area contributed by atoms with Crippen molar-refractivity contribution < 1.29 is 14.5 Å². The lowest BCUT2D eigenvalue weighted by Crippen LogP contribution is -2.19. The van der Waals surface area contributed by atoms with E-state index in [4.69, 9.17) is 4.74 Å². The number of rotatable bonds is 5. The first-order valence-corrected chi connectivity index (χ1v) is 9.34. The van der Waals surface area contributed by atoms with E-state index in [1.54, 1.807) is 20.1 Å². The molecule has 0 saturated carbocycles. The number of carbonyl (C=O) groups is 1. The quantitative estimate of drug-likeness (QED) is 0.491. The van der Waals surface area contributed by atoms with Crippen LogP contribution in [0.4, 0.5) is 5.69 Å². The lowest BCUT2D eigenvalue weighted by Gasteiger charge is -2.03. The van der Waals surface area contributed by atoms with E-state index in [0.29, 0.717) is 33.2 Å². The molecular formula is C16H16N4O4S2. The Morgan fingerprint density at radius 2 is 2.15 bits per heavy atom. The molecule has 8 nitrogen and oxygen atoms in total. The van der Waals surface area contributed by atoms with Gasteiger partial charge in [0.1, 0.15) is 4.88 Å². The first-order chi connectivity index (χ1) is 12.4. The van der Waals surface area contributed by atoms with Crippen molar-refractivity contribution in [3.05, 3.63) is 48.7 Å². The Morgan fingerprint density at radius 1 is 1.38 bits per heavy atom. The number of amides is 1. The smallest absolute Gasteiger partial charge is 0.291 e. The summed E-state index contributed by atoms with van der Waals surface area (Å²) in [6.45, 7) is 4.54. The fraction of sp³-hybridized carbons (Fsp3) is 0.312. The van der Waals surface area contributed by atoms with E-state index >= 15 is 0 Å². The Balaban J connectivity index is 2.14. The number of aromatic nitrogens is 2. The number of nitro benzene ring substituents is 1. The monoisotopic (exact) mass is 392 g/mol. The number of benzene rings is 1. The van der Waals surface area contributed by atoms with E-state index in [0.717, 1.165) is 10.5 Å². The molecule has 2 aromatic heterocycles. The number of carbonyl (C=O) groups excluding carboxylic acids is 1. The molecule has 3 aromatic rings. The fourth-order valence-corrected chi connectivity index (χ4v) is 4.42. The third-order valence-corrected chi connectivity index (χ3v) is 5.79. The topological polar surface area (TPSA) is 99.6 Å². The van der Waals surface area contributed by atoms with Gasteiger partial charge in [-0.15, -0.1) is 11.3 Å². The molecule has 0 fully saturated rings. The summed E-state index contributed by atoms with van der Waals surface area (Å²) >= 11 is 2.55. The normalized spacial score (nSPS) is 12.0. The average Bonchev–Trinajstić information content (AvgIpc) is 3.11. The molecule has 0 radical (unpaired) electrons. The van der Waals surface area contributed by atoms with Crippen molar-refractivity contribution in [2.75, 3.05) is 13.7 Å². The van der Waals surface area contributed by atoms with Crippen molar-refractivity contribution in [3.8, 4) is 0 Å². The maximum Gasteiger partial charge on any atom is 0.291 e. The molecule has 26 heavy (non-hydrogen) atoms. The van der Waals surface area contributed by atoms with Gasteiger partial charge >= 0.3 is 0 Å². The molecule has 0 saturated heterocycles. The molecule has 0 unspecified atom stereocenters. The van der Waals surface area contributed by atoms with Crippen LogP contribution in [0.5, 0.6) is 0 Å². The first-order valence-electron chi connectivity index (χ1n) is 7.70. The summed E-state index contributed by atoms with van der Waals surface area (Å²) in [5, 5.41) is 11.8. The zero-order valence-corrected chi connectivity index (χ0v) is 16.0. The van der Waals surface area contributed by atoms with Crippen molar-refractivity contribution in [2.24, 2.45) is 4.99 Å². The summed E-state index contributed by atoms with van der Waals surface area (Å²) in [4.78, 5) is 32.7. The van der Waals surface area contributed by atoms with Crippen LogP contribution in [-0.2, 0) is 11.3 Å². The second-order valence-corrected chi connectivity index (χ2v) is 7.71. The number of hydrogen-bond donors (Lipinski definition) is 0. The van der Waals surface area contributed by atoms with Crippen LogP contribution >= 0.6 is 22.7 Å². The number of fused-ring (bicyclic) bond motifs is 1. The minimum absolute atomic E-state index is 0.00411. The Hall–Kier alpha value is -2.43. The van der Waals surface area contributed by atoms with E-state index in [9.17, 15) is 14.9 Å². The second kappa shape index (κ2) is 7.44. The predicted octanol–water partition coefficient (Wildman–Crippen LogP) is 3.07. The number of hydrogen-bond acceptors (Lipinski definition) is 7. The first kappa shape index (κ1) is 18.4. The lowest BCUT2D eigenvalue weighted by atomic mass is 10.3. The second-order valence-electron chi connectivity index (χ2n) is 5.50. The van der Waals surface area contributed by atoms with Crippen LogP contribution in [-0.4, -0.2) is 34.1 Å². The summed E-state index contributed by atoms with van der Waals surface area (Å²) in [6.07, 6.45) is 0. The van der Waals surface area contributed by atoms with Crippen LogP contribution in [0.1, 0.15) is 20.4 Å². The van der Waals surface area contributed by atoms with Crippen molar-refractivity contribution in [3.63, 3.8) is 0 Å². The molecule has 2 heterocycles. The minimum Gasteiger partial charge on any atom is -0.383 e. The number of non-ortho nitro benzene ring substituents is 1. The number of thiazole rings is 2. The van der Waals surface area contributed by atoms with Gasteiger partial charge in [-0.1, -0.05) is 11.3 Å². The van der Waals surface area contributed by atoms with E-state index in [-0.39, 0.29) is 11.6 Å². The summed E-state index contributed by atoms with van der Waals surface area (Å²) in [7, 11) is 1.59. The van der Waals surface area contributed by atoms with Crippen molar-refractivity contribution in [2.45, 2.75) is 20.4 Å². The molecule has 0 aliphatic rings. The molecule has 0 bridgehead atoms. The third-order valence-electron chi connectivity index (χ3n) is 3.69. The Morgan fingerprint density at radius 3 is 2.77 bits per heavy atom. The molecule has 10 heteroatoms. The predicted molar refractivity (Wildman–Crippen MR) is 99.8 cm³/mol. The maximum absolute atomic E-state index is 12.6. The highest BCUT2D eigenvalue weighted by molar-refractivity contribution is 7.16. The van der Waals surface area contributed by atoms with E-state index in [1.807, 2.05) is 11.5 Å². The molecule has 0 spiro atoms. The molecule has 0 N–H and O–H groups in total. The molecular weight excluding hydrogens is 376 g/mol. The van der Waals surface area contributed by atoms with Crippen molar-refractivity contribution in [1.29, 1.82) is 0 Å². The molecule has 1 aromatic carbocycles. The number of nitro groups is 1. The average molecular weight is 392 g/mol. The van der Waals surface area contributed by atoms with Gasteiger partial charge in [-0.2, -0.15) is 4.99 Å². The summed E-state index contributed by atoms with van der Waals surface area (Å²) in [5.74, 6) is -0.361. The van der Waals surface area contributed by atoms with Gasteiger partial charge in [0.05, 0.1) is 32.4 Å². The summed E-state index contributed by atoms with van der Waals surface area (Å²) in [5.41, 5.74) is 1.44. The highest BCUT2D eigenvalue weighted by atomic mass is 32.1. The largest absolute Gasteiger partial charge is 0.383 e. The van der Waals surface area contributed by atoms with Crippen LogP contribution in [0, 0.1) is 24.0 Å². The summed E-state index contributed by atoms with van der Waals surface area (Å²) < 4.78 is 7.67. The molecule has 0 atom stereocenters. The van der Waals surface area contributed by atoms with Gasteiger partial charge in [-0.3, -0.25) is 14.9 Å². The van der Waals surface area contributed by atoms with Gasteiger partial charge in [0.2, 0.25) is 0 Å². The van der Waals surface area contributed by atoms with Gasteiger partial charge in [0.25, 0.3) is 11.6 Å². The van der Waals surface area contributed by atoms with E-state index < -0.39 is 4.92 Å². The molecule has 136 valence electrons. The van der Waals surface area contributed by atoms with Crippen LogP contribution in [0.3, 0.4) is 0 Å². The Labute approximate surface area is 156 Å². The van der Waals surface area contributed by atoms with Gasteiger partial charge in [0.15, 0.2) is 4.80 Å². The Kier molecular flexibility index (Phi) is 5.25. The van der Waals surface area contributed by atoms with Crippen LogP contribution in [0.2, 0.25) is 0 Å². The lowest BCUT2D eigenvalue weighted by molar-refractivity contribution is -0.384. The Bertz CT molecular complexity index is 1060. The number of aryl methyl sites for hydroxylation is 2. The molecule has 3 rings (SSSR count). The molecule has 1 amide bonds. The standard InChI is InChI=1S/C16H16N4O4S2/c1-9-14(25-10(2)17-9)15(21)18-16-19(6-7-24-3)12-5-4-11(20(22)23)8-13(12)26-16/h4-5,8H,6-7H2,1-3H3. The van der Waals surface area contributed by atoms with Gasteiger partial charge < -0.3 is 9.30 Å². The highest BCUT2D eigenvalue weighted by Gasteiger charge is 2.16. The zero-order chi connectivity index (χ0) is 18.8. The molecule has 0 aliphatic carbocycles. The number of ether oxygens (including phenoxy) is 1. The molecule has 0 aliphatic heterocycles. The van der Waals surface area contributed by atoms with Crippen LogP contribution in [0.25, 0.3) is 10.2 Å². The van der Waals surface area contributed by atoms with Gasteiger partial charge in [0, 0.05) is 25.8 Å². The van der Waals surface area contributed by atoms with Gasteiger partial charge in [-0.25, -0.2) is 4.98 Å². The summed E-state index contributed by atoms with van der Waals surface area (Å²) in [6, 6.07) is 4.61. The van der Waals surface area contributed by atoms with E-state index in [1.165, 1.54) is 34.8 Å². The van der Waals surface area contributed by atoms with Crippen molar-refractivity contribution >= 4 is 44.5 Å². The number of methoxy groups -OCH3 is 1. The van der Waals surface area contributed by atoms with E-state index in [2.05, 4.69) is 9.98 Å². The van der Waals surface area contributed by atoms with Crippen molar-refractivity contribution in [1.82, 2.24) is 9.55 Å². The third kappa shape index (κ3) is 3.57. The minimum atomic E-state index is -0.440. The highest BCUT2D eigenvalue weighted by Crippen LogP contribution is 2.24. The number of nitrogens with zero attached hydrogens (tertiary/aromatic N) is 4. The zero-order valence-electron chi connectivity index (χ0n) is 14.4. The SMILES string of the molecule is COCCn1c(=NC(=O)c2sc(C)nc2C)sc2cc([N+](=O)[O-])ccc21. The van der Waals surface area contributed by atoms with Crippen LogP contribution < -0.4 is 4.80 Å². The van der Waals surface area contributed by atoms with Crippen LogP contribution in [0.15, 0.2) is 23.2 Å². The maximum atomic E-state index is 12.6. The fourth-order valence-electron chi connectivity index (χ4n) is 2.53.